The summed E-state index contributed by atoms with van der Waals surface area (Å²) in [5.41, 5.74) is 6.71. The van der Waals surface area contributed by atoms with Gasteiger partial charge in [-0.1, -0.05) is 55.4 Å². The molecule has 3 nitrogen and oxygen atoms in total. The molecule has 1 aromatic carbocycles. The lowest BCUT2D eigenvalue weighted by atomic mass is 9.97. The van der Waals surface area contributed by atoms with Crippen molar-refractivity contribution >= 4 is 12.0 Å². The lowest BCUT2D eigenvalue weighted by Crippen LogP contribution is -2.02. The van der Waals surface area contributed by atoms with Gasteiger partial charge in [0.05, 0.1) is 13.7 Å². The summed E-state index contributed by atoms with van der Waals surface area (Å²) in [7, 11) is 1.71. The van der Waals surface area contributed by atoms with Crippen molar-refractivity contribution < 1.29 is 14.3 Å². The van der Waals surface area contributed by atoms with E-state index < -0.39 is 0 Å². The quantitative estimate of drug-likeness (QED) is 0.214. The third-order valence-electron chi connectivity index (χ3n) is 4.48. The van der Waals surface area contributed by atoms with Gasteiger partial charge >= 0.3 is 5.97 Å². The fourth-order valence-corrected chi connectivity index (χ4v) is 2.97. The summed E-state index contributed by atoms with van der Waals surface area (Å²) < 4.78 is 10.7. The van der Waals surface area contributed by atoms with Crippen molar-refractivity contribution in [1.29, 1.82) is 0 Å². The Kier molecular flexibility index (Phi) is 10.1. The molecule has 0 fully saturated rings. The number of allylic oxidation sites excluding steroid dienone is 6. The third-order valence-corrected chi connectivity index (χ3v) is 4.48. The van der Waals surface area contributed by atoms with E-state index in [0.717, 1.165) is 40.9 Å². The SMILES string of the molecule is CCCCOC(=O)C=C(C)C=CC=C(C)C=Cc1c(C)cc(C)c(OC)c1C. The van der Waals surface area contributed by atoms with Crippen LogP contribution in [-0.4, -0.2) is 19.7 Å². The van der Waals surface area contributed by atoms with Crippen LogP contribution in [0.15, 0.2) is 47.6 Å². The Morgan fingerprint density at radius 1 is 1.07 bits per heavy atom. The molecule has 0 saturated heterocycles. The van der Waals surface area contributed by atoms with Gasteiger partial charge < -0.3 is 9.47 Å². The molecule has 0 saturated carbocycles. The van der Waals surface area contributed by atoms with Gasteiger partial charge in [-0.3, -0.25) is 0 Å². The molecule has 1 aromatic rings. The Morgan fingerprint density at radius 3 is 2.43 bits per heavy atom. The van der Waals surface area contributed by atoms with Crippen LogP contribution in [0, 0.1) is 20.8 Å². The number of aryl methyl sites for hydroxylation is 2. The van der Waals surface area contributed by atoms with Gasteiger partial charge in [0.25, 0.3) is 0 Å². The zero-order valence-corrected chi connectivity index (χ0v) is 18.4. The number of esters is 1. The summed E-state index contributed by atoms with van der Waals surface area (Å²) in [6, 6.07) is 2.15. The Balaban J connectivity index is 2.80. The molecule has 1 rings (SSSR count). The normalized spacial score (nSPS) is 12.8. The highest BCUT2D eigenvalue weighted by Crippen LogP contribution is 2.29. The second-order valence-corrected chi connectivity index (χ2v) is 7.09. The van der Waals surface area contributed by atoms with Crippen LogP contribution < -0.4 is 4.74 Å². The van der Waals surface area contributed by atoms with Crippen molar-refractivity contribution in [2.24, 2.45) is 0 Å². The maximum absolute atomic E-state index is 11.7. The van der Waals surface area contributed by atoms with E-state index >= 15 is 0 Å². The van der Waals surface area contributed by atoms with Crippen LogP contribution in [0.3, 0.4) is 0 Å². The van der Waals surface area contributed by atoms with Gasteiger partial charge in [0.2, 0.25) is 0 Å². The van der Waals surface area contributed by atoms with Crippen molar-refractivity contribution in [3.63, 3.8) is 0 Å². The first-order chi connectivity index (χ1) is 13.3. The minimum atomic E-state index is -0.282. The summed E-state index contributed by atoms with van der Waals surface area (Å²) in [6.45, 7) is 12.8. The van der Waals surface area contributed by atoms with E-state index in [1.54, 1.807) is 7.11 Å². The first kappa shape index (κ1) is 23.5. The van der Waals surface area contributed by atoms with Gasteiger partial charge in [-0.05, 0) is 68.9 Å². The van der Waals surface area contributed by atoms with E-state index in [4.69, 9.17) is 9.47 Å². The van der Waals surface area contributed by atoms with E-state index in [2.05, 4.69) is 52.8 Å². The minimum Gasteiger partial charge on any atom is -0.496 e. The van der Waals surface area contributed by atoms with Crippen LogP contribution >= 0.6 is 0 Å². The molecule has 0 unspecified atom stereocenters. The second-order valence-electron chi connectivity index (χ2n) is 7.09. The van der Waals surface area contributed by atoms with Crippen LogP contribution in [0.1, 0.15) is 55.9 Å². The molecule has 3 heteroatoms. The molecular weight excluding hydrogens is 348 g/mol. The Hall–Kier alpha value is -2.55. The highest BCUT2D eigenvalue weighted by molar-refractivity contribution is 5.83. The summed E-state index contributed by atoms with van der Waals surface area (Å²) in [6.07, 6.45) is 13.5. The maximum Gasteiger partial charge on any atom is 0.331 e. The van der Waals surface area contributed by atoms with Gasteiger partial charge in [0, 0.05) is 6.08 Å². The average molecular weight is 383 g/mol. The summed E-state index contributed by atoms with van der Waals surface area (Å²) >= 11 is 0. The van der Waals surface area contributed by atoms with E-state index in [1.165, 1.54) is 17.2 Å². The third kappa shape index (κ3) is 7.59. The average Bonchev–Trinajstić information content (AvgIpc) is 2.61. The number of carbonyl (C=O) groups excluding carboxylic acids is 1. The first-order valence-corrected chi connectivity index (χ1v) is 9.83. The molecule has 0 N–H and O–H groups in total. The number of rotatable bonds is 9. The number of hydrogen-bond donors (Lipinski definition) is 0. The number of methoxy groups -OCH3 is 1. The van der Waals surface area contributed by atoms with Crippen molar-refractivity contribution in [1.82, 2.24) is 0 Å². The topological polar surface area (TPSA) is 35.5 Å². The van der Waals surface area contributed by atoms with E-state index in [0.29, 0.717) is 6.61 Å². The molecule has 0 aromatic heterocycles. The molecular formula is C25H34O3. The van der Waals surface area contributed by atoms with Crippen LogP contribution in [0.25, 0.3) is 6.08 Å². The van der Waals surface area contributed by atoms with Gasteiger partial charge in [-0.25, -0.2) is 4.79 Å². The molecule has 0 spiro atoms. The molecule has 0 aliphatic carbocycles. The lowest BCUT2D eigenvalue weighted by Gasteiger charge is -2.14. The number of unbranched alkanes of at least 4 members (excludes halogenated alkanes) is 1. The van der Waals surface area contributed by atoms with E-state index in [9.17, 15) is 4.79 Å². The standard InChI is InChI=1S/C25H34O3/c1-8-9-15-28-24(26)16-19(3)12-10-11-18(2)13-14-23-20(4)17-21(5)25(27-7)22(23)6/h10-14,16-17H,8-9,15H2,1-7H3. The van der Waals surface area contributed by atoms with Crippen molar-refractivity contribution in [3.8, 4) is 5.75 Å². The van der Waals surface area contributed by atoms with Crippen molar-refractivity contribution in [3.05, 3.63) is 69.8 Å². The zero-order valence-electron chi connectivity index (χ0n) is 18.4. The van der Waals surface area contributed by atoms with Gasteiger partial charge in [0.15, 0.2) is 0 Å². The maximum atomic E-state index is 11.7. The summed E-state index contributed by atoms with van der Waals surface area (Å²) in [4.78, 5) is 11.7. The van der Waals surface area contributed by atoms with Crippen LogP contribution in [-0.2, 0) is 9.53 Å². The molecule has 0 bridgehead atoms. The lowest BCUT2D eigenvalue weighted by molar-refractivity contribution is -0.137. The zero-order chi connectivity index (χ0) is 21.1. The van der Waals surface area contributed by atoms with E-state index in [1.807, 2.05) is 25.2 Å². The number of hydrogen-bond acceptors (Lipinski definition) is 3. The van der Waals surface area contributed by atoms with Gasteiger partial charge in [-0.2, -0.15) is 0 Å². The van der Waals surface area contributed by atoms with Gasteiger partial charge in [-0.15, -0.1) is 0 Å². The fourth-order valence-electron chi connectivity index (χ4n) is 2.97. The van der Waals surface area contributed by atoms with Crippen LogP contribution in [0.2, 0.25) is 0 Å². The molecule has 0 aliphatic rings. The van der Waals surface area contributed by atoms with Crippen molar-refractivity contribution in [2.45, 2.75) is 54.4 Å². The summed E-state index contributed by atoms with van der Waals surface area (Å²) in [5, 5.41) is 0. The molecule has 152 valence electrons. The van der Waals surface area contributed by atoms with E-state index in [-0.39, 0.29) is 5.97 Å². The molecule has 0 amide bonds. The number of carbonyl (C=O) groups is 1. The molecule has 28 heavy (non-hydrogen) atoms. The minimum absolute atomic E-state index is 0.282. The monoisotopic (exact) mass is 382 g/mol. The Bertz CT molecular complexity index is 793. The fraction of sp³-hybridized carbons (Fsp3) is 0.400. The largest absolute Gasteiger partial charge is 0.496 e. The van der Waals surface area contributed by atoms with Gasteiger partial charge in [0.1, 0.15) is 5.75 Å². The van der Waals surface area contributed by atoms with Crippen molar-refractivity contribution in [2.75, 3.05) is 13.7 Å². The smallest absolute Gasteiger partial charge is 0.331 e. The molecule has 0 radical (unpaired) electrons. The highest BCUT2D eigenvalue weighted by atomic mass is 16.5. The first-order valence-electron chi connectivity index (χ1n) is 9.83. The molecule has 0 atom stereocenters. The molecule has 0 heterocycles. The Morgan fingerprint density at radius 2 is 1.79 bits per heavy atom. The van der Waals surface area contributed by atoms with Crippen LogP contribution in [0.5, 0.6) is 5.75 Å². The number of benzene rings is 1. The second kappa shape index (κ2) is 12.0. The number of ether oxygens (including phenoxy) is 2. The van der Waals surface area contributed by atoms with Crippen LogP contribution in [0.4, 0.5) is 0 Å². The highest BCUT2D eigenvalue weighted by Gasteiger charge is 2.09. The molecule has 0 aliphatic heterocycles. The predicted octanol–water partition coefficient (Wildman–Crippen LogP) is 6.43. The Labute approximate surface area is 170 Å². The predicted molar refractivity (Wildman–Crippen MR) is 119 cm³/mol. The summed E-state index contributed by atoms with van der Waals surface area (Å²) in [5.74, 6) is 0.661.